The summed E-state index contributed by atoms with van der Waals surface area (Å²) < 4.78 is 7.30. The summed E-state index contributed by atoms with van der Waals surface area (Å²) in [6.45, 7) is 5.50. The van der Waals surface area contributed by atoms with Crippen LogP contribution in [-0.2, 0) is 6.54 Å². The third-order valence-electron chi connectivity index (χ3n) is 3.47. The van der Waals surface area contributed by atoms with Gasteiger partial charge in [0.1, 0.15) is 5.76 Å². The number of rotatable bonds is 7. The normalized spacial score (nSPS) is 10.9. The highest BCUT2D eigenvalue weighted by atomic mass is 16.4. The van der Waals surface area contributed by atoms with E-state index in [2.05, 4.69) is 24.3 Å². The van der Waals surface area contributed by atoms with Crippen LogP contribution in [-0.4, -0.2) is 22.2 Å². The van der Waals surface area contributed by atoms with Gasteiger partial charge in [-0.3, -0.25) is 9.48 Å². The summed E-state index contributed by atoms with van der Waals surface area (Å²) in [6, 6.07) is 5.38. The molecular formula is C15H21N3O2. The predicted octanol–water partition coefficient (Wildman–Crippen LogP) is 2.69. The van der Waals surface area contributed by atoms with E-state index in [1.165, 1.54) is 0 Å². The zero-order chi connectivity index (χ0) is 14.4. The lowest BCUT2D eigenvalue weighted by Crippen LogP contribution is -2.28. The van der Waals surface area contributed by atoms with Crippen molar-refractivity contribution in [1.82, 2.24) is 15.1 Å². The third-order valence-corrected chi connectivity index (χ3v) is 3.47. The van der Waals surface area contributed by atoms with E-state index < -0.39 is 0 Å². The van der Waals surface area contributed by atoms with Crippen LogP contribution in [0.25, 0.3) is 0 Å². The van der Waals surface area contributed by atoms with Gasteiger partial charge in [0, 0.05) is 18.9 Å². The predicted molar refractivity (Wildman–Crippen MR) is 76.4 cm³/mol. The van der Waals surface area contributed by atoms with Crippen LogP contribution in [0.5, 0.6) is 0 Å². The summed E-state index contributed by atoms with van der Waals surface area (Å²) in [7, 11) is 0. The maximum Gasteiger partial charge on any atom is 0.287 e. The Morgan fingerprint density at radius 2 is 2.20 bits per heavy atom. The molecule has 2 aromatic heterocycles. The van der Waals surface area contributed by atoms with Crippen LogP contribution in [0.3, 0.4) is 0 Å². The van der Waals surface area contributed by atoms with Crippen LogP contribution in [0, 0.1) is 5.92 Å². The number of amides is 1. The first-order chi connectivity index (χ1) is 9.72. The quantitative estimate of drug-likeness (QED) is 0.845. The van der Waals surface area contributed by atoms with Gasteiger partial charge in [-0.25, -0.2) is 0 Å². The maximum atomic E-state index is 12.0. The van der Waals surface area contributed by atoms with Crippen molar-refractivity contribution in [1.29, 1.82) is 0 Å². The van der Waals surface area contributed by atoms with Crippen LogP contribution >= 0.6 is 0 Å². The van der Waals surface area contributed by atoms with Crippen LogP contribution in [0.4, 0.5) is 0 Å². The van der Waals surface area contributed by atoms with Crippen molar-refractivity contribution in [3.05, 3.63) is 42.1 Å². The van der Waals surface area contributed by atoms with Gasteiger partial charge in [-0.1, -0.05) is 26.7 Å². The SMILES string of the molecule is CCC(CC)CNC(=O)c1ccc(Cn2cccn2)o1. The van der Waals surface area contributed by atoms with Crippen LogP contribution < -0.4 is 5.32 Å². The summed E-state index contributed by atoms with van der Waals surface area (Å²) >= 11 is 0. The van der Waals surface area contributed by atoms with E-state index >= 15 is 0 Å². The second-order valence-electron chi connectivity index (χ2n) is 4.86. The molecule has 1 amide bonds. The molecule has 1 N–H and O–H groups in total. The summed E-state index contributed by atoms with van der Waals surface area (Å²) in [5.41, 5.74) is 0. The maximum absolute atomic E-state index is 12.0. The molecule has 0 aliphatic carbocycles. The van der Waals surface area contributed by atoms with E-state index in [0.29, 0.717) is 24.8 Å². The van der Waals surface area contributed by atoms with Gasteiger partial charge in [-0.2, -0.15) is 5.10 Å². The Bertz CT molecular complexity index is 527. The van der Waals surface area contributed by atoms with Gasteiger partial charge < -0.3 is 9.73 Å². The number of hydrogen-bond acceptors (Lipinski definition) is 3. The number of hydrogen-bond donors (Lipinski definition) is 1. The van der Waals surface area contributed by atoms with Crippen LogP contribution in [0.1, 0.15) is 43.0 Å². The lowest BCUT2D eigenvalue weighted by molar-refractivity contribution is 0.0916. The average molecular weight is 275 g/mol. The number of furan rings is 1. The highest BCUT2D eigenvalue weighted by Gasteiger charge is 2.13. The van der Waals surface area contributed by atoms with Crippen LogP contribution in [0.2, 0.25) is 0 Å². The first kappa shape index (κ1) is 14.4. The van der Waals surface area contributed by atoms with Crippen molar-refractivity contribution in [2.45, 2.75) is 33.2 Å². The average Bonchev–Trinajstić information content (AvgIpc) is 3.12. The molecule has 2 aromatic rings. The highest BCUT2D eigenvalue weighted by Crippen LogP contribution is 2.10. The second-order valence-corrected chi connectivity index (χ2v) is 4.86. The largest absolute Gasteiger partial charge is 0.454 e. The van der Waals surface area contributed by atoms with Gasteiger partial charge in [0.2, 0.25) is 0 Å². The van der Waals surface area contributed by atoms with E-state index in [-0.39, 0.29) is 5.91 Å². The Morgan fingerprint density at radius 3 is 2.85 bits per heavy atom. The van der Waals surface area contributed by atoms with Crippen molar-refractivity contribution in [3.63, 3.8) is 0 Å². The molecule has 20 heavy (non-hydrogen) atoms. The molecule has 0 aliphatic heterocycles. The van der Waals surface area contributed by atoms with Gasteiger partial charge in [0.15, 0.2) is 5.76 Å². The molecule has 2 rings (SSSR count). The van der Waals surface area contributed by atoms with Crippen molar-refractivity contribution >= 4 is 5.91 Å². The fourth-order valence-electron chi connectivity index (χ4n) is 2.04. The summed E-state index contributed by atoms with van der Waals surface area (Å²) in [6.07, 6.45) is 5.71. The molecule has 2 heterocycles. The number of nitrogens with zero attached hydrogens (tertiary/aromatic N) is 2. The topological polar surface area (TPSA) is 60.1 Å². The van der Waals surface area contributed by atoms with E-state index in [1.807, 2.05) is 18.3 Å². The summed E-state index contributed by atoms with van der Waals surface area (Å²) in [5, 5.41) is 7.02. The zero-order valence-corrected chi connectivity index (χ0v) is 12.0. The lowest BCUT2D eigenvalue weighted by atomic mass is 10.0. The minimum Gasteiger partial charge on any atom is -0.454 e. The molecule has 5 nitrogen and oxygen atoms in total. The summed E-state index contributed by atoms with van der Waals surface area (Å²) in [5.74, 6) is 1.46. The van der Waals surface area contributed by atoms with E-state index in [9.17, 15) is 4.79 Å². The van der Waals surface area contributed by atoms with Gasteiger partial charge in [0.25, 0.3) is 5.91 Å². The molecule has 0 aromatic carbocycles. The van der Waals surface area contributed by atoms with Gasteiger partial charge in [0.05, 0.1) is 6.54 Å². The number of carbonyl (C=O) groups excluding carboxylic acids is 1. The van der Waals surface area contributed by atoms with E-state index in [0.717, 1.165) is 18.6 Å². The molecule has 0 radical (unpaired) electrons. The van der Waals surface area contributed by atoms with E-state index in [1.54, 1.807) is 16.9 Å². The zero-order valence-electron chi connectivity index (χ0n) is 12.0. The molecule has 108 valence electrons. The molecule has 5 heteroatoms. The molecule has 0 spiro atoms. The number of aromatic nitrogens is 2. The smallest absolute Gasteiger partial charge is 0.287 e. The van der Waals surface area contributed by atoms with Gasteiger partial charge in [-0.15, -0.1) is 0 Å². The molecule has 0 fully saturated rings. The Morgan fingerprint density at radius 1 is 1.40 bits per heavy atom. The molecule has 0 saturated heterocycles. The minimum atomic E-state index is -0.149. The van der Waals surface area contributed by atoms with Crippen LogP contribution in [0.15, 0.2) is 35.0 Å². The van der Waals surface area contributed by atoms with Crippen molar-refractivity contribution in [2.75, 3.05) is 6.54 Å². The molecule has 0 bridgehead atoms. The van der Waals surface area contributed by atoms with Gasteiger partial charge in [-0.05, 0) is 24.1 Å². The molecule has 0 saturated carbocycles. The highest BCUT2D eigenvalue weighted by molar-refractivity contribution is 5.91. The number of carbonyl (C=O) groups is 1. The Labute approximate surface area is 119 Å². The molecule has 0 unspecified atom stereocenters. The van der Waals surface area contributed by atoms with Crippen molar-refractivity contribution < 1.29 is 9.21 Å². The molecular weight excluding hydrogens is 254 g/mol. The lowest BCUT2D eigenvalue weighted by Gasteiger charge is -2.12. The van der Waals surface area contributed by atoms with E-state index in [4.69, 9.17) is 4.42 Å². The fourth-order valence-corrected chi connectivity index (χ4v) is 2.04. The molecule has 0 aliphatic rings. The number of nitrogens with one attached hydrogen (secondary N) is 1. The van der Waals surface area contributed by atoms with Gasteiger partial charge >= 0.3 is 0 Å². The summed E-state index contributed by atoms with van der Waals surface area (Å²) in [4.78, 5) is 12.0. The minimum absolute atomic E-state index is 0.149. The van der Waals surface area contributed by atoms with Crippen molar-refractivity contribution in [3.8, 4) is 0 Å². The standard InChI is InChI=1S/C15H21N3O2/c1-3-12(4-2)10-16-15(19)14-7-6-13(20-14)11-18-9-5-8-17-18/h5-9,12H,3-4,10-11H2,1-2H3,(H,16,19). The second kappa shape index (κ2) is 6.93. The molecule has 0 atom stereocenters. The monoisotopic (exact) mass is 275 g/mol. The van der Waals surface area contributed by atoms with Crippen molar-refractivity contribution in [2.24, 2.45) is 5.92 Å². The Balaban J connectivity index is 1.89. The first-order valence-electron chi connectivity index (χ1n) is 7.07. The fraction of sp³-hybridized carbons (Fsp3) is 0.467. The first-order valence-corrected chi connectivity index (χ1v) is 7.07. The Hall–Kier alpha value is -2.04. The third kappa shape index (κ3) is 3.73. The Kier molecular flexibility index (Phi) is 4.98.